The van der Waals surface area contributed by atoms with Gasteiger partial charge in [-0.15, -0.1) is 11.3 Å². The predicted molar refractivity (Wildman–Crippen MR) is 66.1 cm³/mol. The SMILES string of the molecule is Cc1ccc(C=NNC(=O)c2cnccn2)s1. The maximum atomic E-state index is 11.5. The molecule has 2 heterocycles. The van der Waals surface area contributed by atoms with E-state index in [1.807, 2.05) is 19.1 Å². The van der Waals surface area contributed by atoms with Gasteiger partial charge < -0.3 is 0 Å². The van der Waals surface area contributed by atoms with Crippen LogP contribution in [0.3, 0.4) is 0 Å². The minimum atomic E-state index is -0.373. The van der Waals surface area contributed by atoms with Crippen LogP contribution in [0.25, 0.3) is 0 Å². The maximum Gasteiger partial charge on any atom is 0.291 e. The first kappa shape index (κ1) is 11.4. The number of carbonyl (C=O) groups excluding carboxylic acids is 1. The van der Waals surface area contributed by atoms with Crippen molar-refractivity contribution in [3.8, 4) is 0 Å². The number of thiophene rings is 1. The summed E-state index contributed by atoms with van der Waals surface area (Å²) in [7, 11) is 0. The van der Waals surface area contributed by atoms with Crippen LogP contribution in [0, 0.1) is 6.92 Å². The molecule has 5 nitrogen and oxygen atoms in total. The minimum absolute atomic E-state index is 0.243. The van der Waals surface area contributed by atoms with Crippen molar-refractivity contribution in [2.24, 2.45) is 5.10 Å². The Kier molecular flexibility index (Phi) is 3.56. The lowest BCUT2D eigenvalue weighted by Gasteiger charge is -1.96. The fraction of sp³-hybridized carbons (Fsp3) is 0.0909. The van der Waals surface area contributed by atoms with Crippen LogP contribution in [0.2, 0.25) is 0 Å². The standard InChI is InChI=1S/C11H10N4OS/c1-8-2-3-9(17-8)6-14-15-11(16)10-7-12-4-5-13-10/h2-7H,1H3,(H,15,16). The zero-order chi connectivity index (χ0) is 12.1. The van der Waals surface area contributed by atoms with Crippen molar-refractivity contribution in [2.45, 2.75) is 6.92 Å². The molecule has 0 atom stereocenters. The largest absolute Gasteiger partial charge is 0.291 e. The summed E-state index contributed by atoms with van der Waals surface area (Å²) in [5, 5.41) is 3.85. The molecule has 2 aromatic heterocycles. The molecule has 86 valence electrons. The van der Waals surface area contributed by atoms with Crippen molar-refractivity contribution < 1.29 is 4.79 Å². The molecule has 17 heavy (non-hydrogen) atoms. The monoisotopic (exact) mass is 246 g/mol. The molecule has 0 aliphatic carbocycles. The van der Waals surface area contributed by atoms with E-state index < -0.39 is 0 Å². The van der Waals surface area contributed by atoms with Gasteiger partial charge in [-0.05, 0) is 19.1 Å². The first-order valence-corrected chi connectivity index (χ1v) is 5.73. The third-order valence-corrected chi connectivity index (χ3v) is 2.85. The highest BCUT2D eigenvalue weighted by molar-refractivity contribution is 7.13. The minimum Gasteiger partial charge on any atom is -0.265 e. The van der Waals surface area contributed by atoms with Crippen molar-refractivity contribution in [1.82, 2.24) is 15.4 Å². The molecule has 2 rings (SSSR count). The molecule has 0 unspecified atom stereocenters. The van der Waals surface area contributed by atoms with E-state index in [-0.39, 0.29) is 11.6 Å². The number of hydrazone groups is 1. The number of nitrogens with one attached hydrogen (secondary N) is 1. The molecule has 0 aliphatic rings. The summed E-state index contributed by atoms with van der Waals surface area (Å²) < 4.78 is 0. The number of nitrogens with zero attached hydrogens (tertiary/aromatic N) is 3. The van der Waals surface area contributed by atoms with Crippen LogP contribution in [0.15, 0.2) is 35.8 Å². The lowest BCUT2D eigenvalue weighted by atomic mass is 10.4. The number of amides is 1. The Morgan fingerprint density at radius 2 is 2.35 bits per heavy atom. The maximum absolute atomic E-state index is 11.5. The highest BCUT2D eigenvalue weighted by Crippen LogP contribution is 2.12. The number of rotatable bonds is 3. The fourth-order valence-corrected chi connectivity index (χ4v) is 1.90. The quantitative estimate of drug-likeness (QED) is 0.661. The summed E-state index contributed by atoms with van der Waals surface area (Å²) in [6.07, 6.45) is 5.96. The summed E-state index contributed by atoms with van der Waals surface area (Å²) in [6, 6.07) is 3.94. The highest BCUT2D eigenvalue weighted by atomic mass is 32.1. The van der Waals surface area contributed by atoms with Crippen molar-refractivity contribution >= 4 is 23.5 Å². The second kappa shape index (κ2) is 5.31. The van der Waals surface area contributed by atoms with Crippen molar-refractivity contribution in [2.75, 3.05) is 0 Å². The van der Waals surface area contributed by atoms with Crippen LogP contribution >= 0.6 is 11.3 Å². The molecule has 1 amide bonds. The summed E-state index contributed by atoms with van der Waals surface area (Å²) in [4.78, 5) is 21.4. The van der Waals surface area contributed by atoms with Crippen LogP contribution in [-0.2, 0) is 0 Å². The van der Waals surface area contributed by atoms with Crippen LogP contribution in [0.1, 0.15) is 20.2 Å². The lowest BCUT2D eigenvalue weighted by Crippen LogP contribution is -2.18. The zero-order valence-corrected chi connectivity index (χ0v) is 9.94. The van der Waals surface area contributed by atoms with Crippen molar-refractivity contribution in [1.29, 1.82) is 0 Å². The molecule has 0 saturated heterocycles. The Morgan fingerprint density at radius 3 is 3.00 bits per heavy atom. The van der Waals surface area contributed by atoms with Gasteiger partial charge in [-0.2, -0.15) is 5.10 Å². The van der Waals surface area contributed by atoms with Crippen molar-refractivity contribution in [3.05, 3.63) is 46.2 Å². The zero-order valence-electron chi connectivity index (χ0n) is 9.12. The molecule has 0 saturated carbocycles. The number of aromatic nitrogens is 2. The van der Waals surface area contributed by atoms with Crippen LogP contribution in [0.4, 0.5) is 0 Å². The molecule has 2 aromatic rings. The van der Waals surface area contributed by atoms with E-state index in [1.165, 1.54) is 23.5 Å². The number of aryl methyl sites for hydroxylation is 1. The second-order valence-corrected chi connectivity index (χ2v) is 4.56. The molecule has 0 fully saturated rings. The summed E-state index contributed by atoms with van der Waals surface area (Å²) in [6.45, 7) is 2.01. The molecule has 1 N–H and O–H groups in total. The van der Waals surface area contributed by atoms with Crippen molar-refractivity contribution in [3.63, 3.8) is 0 Å². The molecule has 6 heteroatoms. The first-order valence-electron chi connectivity index (χ1n) is 4.91. The Bertz CT molecular complexity index is 535. The van der Waals surface area contributed by atoms with Gasteiger partial charge in [0.05, 0.1) is 12.4 Å². The van der Waals surface area contributed by atoms with Gasteiger partial charge >= 0.3 is 0 Å². The first-order chi connectivity index (χ1) is 8.25. The summed E-state index contributed by atoms with van der Waals surface area (Å²) in [5.41, 5.74) is 2.63. The Hall–Kier alpha value is -2.08. The van der Waals surface area contributed by atoms with E-state index >= 15 is 0 Å². The number of hydrogen-bond donors (Lipinski definition) is 1. The molecular formula is C11H10N4OS. The Balaban J connectivity index is 1.95. The second-order valence-electron chi connectivity index (χ2n) is 3.24. The molecule has 0 aliphatic heterocycles. The highest BCUT2D eigenvalue weighted by Gasteiger charge is 2.04. The van der Waals surface area contributed by atoms with E-state index in [2.05, 4.69) is 20.5 Å². The normalized spacial score (nSPS) is 10.6. The number of carbonyl (C=O) groups is 1. The van der Waals surface area contributed by atoms with Gasteiger partial charge in [-0.3, -0.25) is 9.78 Å². The van der Waals surface area contributed by atoms with Gasteiger partial charge in [-0.1, -0.05) is 0 Å². The van der Waals surface area contributed by atoms with Gasteiger partial charge in [0.1, 0.15) is 5.69 Å². The summed E-state index contributed by atoms with van der Waals surface area (Å²) >= 11 is 1.61. The Labute approximate surface area is 102 Å². The predicted octanol–water partition coefficient (Wildman–Crippen LogP) is 1.61. The molecule has 0 bridgehead atoms. The van der Waals surface area contributed by atoms with Crippen LogP contribution in [-0.4, -0.2) is 22.1 Å². The van der Waals surface area contributed by atoms with Gasteiger partial charge in [0.15, 0.2) is 0 Å². The van der Waals surface area contributed by atoms with Gasteiger partial charge in [0.25, 0.3) is 5.91 Å². The third kappa shape index (κ3) is 3.18. The average molecular weight is 246 g/mol. The van der Waals surface area contributed by atoms with Gasteiger partial charge in [-0.25, -0.2) is 10.4 Å². The third-order valence-electron chi connectivity index (χ3n) is 1.91. The lowest BCUT2D eigenvalue weighted by molar-refractivity contribution is 0.0950. The van der Waals surface area contributed by atoms with Gasteiger partial charge in [0.2, 0.25) is 0 Å². The molecule has 0 radical (unpaired) electrons. The Morgan fingerprint density at radius 1 is 1.47 bits per heavy atom. The van der Waals surface area contributed by atoms with E-state index in [0.717, 1.165) is 4.88 Å². The van der Waals surface area contributed by atoms with Crippen LogP contribution < -0.4 is 5.43 Å². The molecule has 0 aromatic carbocycles. The van der Waals surface area contributed by atoms with E-state index in [4.69, 9.17) is 0 Å². The summed E-state index contributed by atoms with van der Waals surface area (Å²) in [5.74, 6) is -0.373. The smallest absolute Gasteiger partial charge is 0.265 e. The molecule has 0 spiro atoms. The molecular weight excluding hydrogens is 236 g/mol. The van der Waals surface area contributed by atoms with E-state index in [1.54, 1.807) is 17.6 Å². The van der Waals surface area contributed by atoms with E-state index in [0.29, 0.717) is 0 Å². The number of hydrogen-bond acceptors (Lipinski definition) is 5. The fourth-order valence-electron chi connectivity index (χ4n) is 1.15. The van der Waals surface area contributed by atoms with Gasteiger partial charge in [0, 0.05) is 22.1 Å². The topological polar surface area (TPSA) is 67.2 Å². The van der Waals surface area contributed by atoms with Crippen LogP contribution in [0.5, 0.6) is 0 Å². The van der Waals surface area contributed by atoms with E-state index in [9.17, 15) is 4.79 Å². The average Bonchev–Trinajstić information content (AvgIpc) is 2.76.